The first-order chi connectivity index (χ1) is 14.9. The maximum Gasteiger partial charge on any atom is 0.270 e. The molecule has 31 heavy (non-hydrogen) atoms. The lowest BCUT2D eigenvalue weighted by Gasteiger charge is -2.36. The predicted octanol–water partition coefficient (Wildman–Crippen LogP) is 3.36. The van der Waals surface area contributed by atoms with Crippen LogP contribution in [0, 0.1) is 10.1 Å². The highest BCUT2D eigenvalue weighted by Crippen LogP contribution is 2.30. The molecule has 2 saturated heterocycles. The van der Waals surface area contributed by atoms with E-state index in [4.69, 9.17) is 0 Å². The zero-order valence-corrected chi connectivity index (χ0v) is 17.6. The van der Waals surface area contributed by atoms with Crippen LogP contribution in [0.3, 0.4) is 0 Å². The largest absolute Gasteiger partial charge is 0.371 e. The number of hydrogen-bond acceptors (Lipinski definition) is 6. The van der Waals surface area contributed by atoms with E-state index < -0.39 is 4.92 Å². The monoisotopic (exact) mass is 422 g/mol. The van der Waals surface area contributed by atoms with Gasteiger partial charge < -0.3 is 14.7 Å². The molecule has 8 nitrogen and oxygen atoms in total. The van der Waals surface area contributed by atoms with Crippen LogP contribution < -0.4 is 9.80 Å². The van der Waals surface area contributed by atoms with Gasteiger partial charge in [0.1, 0.15) is 0 Å². The molecular formula is C23H26N4O4. The second-order valence-electron chi connectivity index (χ2n) is 8.04. The fourth-order valence-electron chi connectivity index (χ4n) is 4.29. The van der Waals surface area contributed by atoms with Gasteiger partial charge in [-0.1, -0.05) is 0 Å². The summed E-state index contributed by atoms with van der Waals surface area (Å²) in [6, 6.07) is 12.1. The summed E-state index contributed by atoms with van der Waals surface area (Å²) < 4.78 is 0. The molecule has 0 spiro atoms. The predicted molar refractivity (Wildman–Crippen MR) is 119 cm³/mol. The lowest BCUT2D eigenvalue weighted by molar-refractivity contribution is -0.384. The normalized spacial score (nSPS) is 16.5. The third-order valence-electron chi connectivity index (χ3n) is 6.07. The molecule has 0 unspecified atom stereocenters. The summed E-state index contributed by atoms with van der Waals surface area (Å²) in [6.45, 7) is 5.68. The van der Waals surface area contributed by atoms with Crippen LogP contribution in [0.2, 0.25) is 0 Å². The topological polar surface area (TPSA) is 87.0 Å². The minimum atomic E-state index is -0.451. The number of Topliss-reactive ketones (excluding diaryl/α,β-unsaturated/α-hetero) is 1. The van der Waals surface area contributed by atoms with Gasteiger partial charge >= 0.3 is 0 Å². The molecule has 0 aromatic heterocycles. The van der Waals surface area contributed by atoms with Crippen molar-refractivity contribution in [3.8, 4) is 0 Å². The van der Waals surface area contributed by atoms with Crippen molar-refractivity contribution in [1.82, 2.24) is 4.90 Å². The lowest BCUT2D eigenvalue weighted by atomic mass is 10.1. The van der Waals surface area contributed by atoms with Gasteiger partial charge in [-0.05, 0) is 50.1 Å². The van der Waals surface area contributed by atoms with Gasteiger partial charge in [-0.15, -0.1) is 0 Å². The molecule has 0 bridgehead atoms. The Morgan fingerprint density at radius 1 is 0.871 bits per heavy atom. The molecule has 4 rings (SSSR count). The van der Waals surface area contributed by atoms with E-state index in [2.05, 4.69) is 9.80 Å². The van der Waals surface area contributed by atoms with Crippen LogP contribution in [0.15, 0.2) is 42.5 Å². The molecule has 0 saturated carbocycles. The molecule has 2 fully saturated rings. The first-order valence-corrected chi connectivity index (χ1v) is 10.6. The van der Waals surface area contributed by atoms with Crippen molar-refractivity contribution < 1.29 is 14.5 Å². The fraction of sp³-hybridized carbons (Fsp3) is 0.391. The zero-order valence-electron chi connectivity index (χ0n) is 17.6. The van der Waals surface area contributed by atoms with Gasteiger partial charge in [0.05, 0.1) is 16.2 Å². The van der Waals surface area contributed by atoms with E-state index in [0.717, 1.165) is 37.3 Å². The number of nitrogens with zero attached hydrogens (tertiary/aromatic N) is 4. The van der Waals surface area contributed by atoms with Crippen LogP contribution >= 0.6 is 0 Å². The molecule has 0 atom stereocenters. The highest BCUT2D eigenvalue weighted by atomic mass is 16.6. The van der Waals surface area contributed by atoms with Crippen molar-refractivity contribution in [2.45, 2.75) is 19.8 Å². The number of benzene rings is 2. The number of carbonyl (C=O) groups is 2. The van der Waals surface area contributed by atoms with Crippen molar-refractivity contribution >= 4 is 28.8 Å². The molecule has 2 aromatic rings. The standard InChI is InChI=1S/C23H26N4O4/c1-17(28)18-4-6-19(7-5-18)24-12-14-26(15-13-24)23(29)21-16-20(27(30)31)8-9-22(21)25-10-2-3-11-25/h4-9,16H,2-3,10-15H2,1H3. The van der Waals surface area contributed by atoms with E-state index in [9.17, 15) is 19.7 Å². The number of piperazine rings is 1. The van der Waals surface area contributed by atoms with E-state index in [1.54, 1.807) is 17.9 Å². The van der Waals surface area contributed by atoms with Gasteiger partial charge in [0.25, 0.3) is 11.6 Å². The molecule has 2 aliphatic heterocycles. The SMILES string of the molecule is CC(=O)c1ccc(N2CCN(C(=O)c3cc([N+](=O)[O-])ccc3N3CCCC3)CC2)cc1. The van der Waals surface area contributed by atoms with Gasteiger partial charge in [0, 0.05) is 62.7 Å². The van der Waals surface area contributed by atoms with Crippen LogP contribution in [0.1, 0.15) is 40.5 Å². The summed E-state index contributed by atoms with van der Waals surface area (Å²) in [5.74, 6) is -0.120. The number of ketones is 1. The number of hydrogen-bond donors (Lipinski definition) is 0. The Morgan fingerprint density at radius 2 is 1.52 bits per heavy atom. The number of non-ortho nitro benzene ring substituents is 1. The number of amides is 1. The first-order valence-electron chi connectivity index (χ1n) is 10.6. The summed E-state index contributed by atoms with van der Waals surface area (Å²) in [5, 5.41) is 11.3. The van der Waals surface area contributed by atoms with Gasteiger partial charge in [0.15, 0.2) is 5.78 Å². The van der Waals surface area contributed by atoms with Crippen LogP contribution in [-0.2, 0) is 0 Å². The number of rotatable bonds is 5. The molecule has 0 N–H and O–H groups in total. The number of carbonyl (C=O) groups excluding carboxylic acids is 2. The van der Waals surface area contributed by atoms with Gasteiger partial charge in [-0.25, -0.2) is 0 Å². The van der Waals surface area contributed by atoms with Crippen LogP contribution in [-0.4, -0.2) is 60.8 Å². The summed E-state index contributed by atoms with van der Waals surface area (Å²) in [4.78, 5) is 41.7. The van der Waals surface area contributed by atoms with E-state index in [-0.39, 0.29) is 17.4 Å². The van der Waals surface area contributed by atoms with Crippen molar-refractivity contribution in [2.24, 2.45) is 0 Å². The van der Waals surface area contributed by atoms with Crippen molar-refractivity contribution in [3.63, 3.8) is 0 Å². The van der Waals surface area contributed by atoms with Crippen molar-refractivity contribution in [3.05, 3.63) is 63.7 Å². The maximum absolute atomic E-state index is 13.3. The number of anilines is 2. The molecule has 2 aliphatic rings. The number of nitro groups is 1. The average molecular weight is 422 g/mol. The first kappa shape index (κ1) is 20.8. The van der Waals surface area contributed by atoms with Crippen molar-refractivity contribution in [1.29, 1.82) is 0 Å². The lowest BCUT2D eigenvalue weighted by Crippen LogP contribution is -2.49. The molecule has 162 valence electrons. The van der Waals surface area contributed by atoms with Crippen LogP contribution in [0.5, 0.6) is 0 Å². The highest BCUT2D eigenvalue weighted by Gasteiger charge is 2.28. The minimum Gasteiger partial charge on any atom is -0.371 e. The third-order valence-corrected chi connectivity index (χ3v) is 6.07. The van der Waals surface area contributed by atoms with Gasteiger partial charge in [-0.3, -0.25) is 19.7 Å². The Bertz CT molecular complexity index is 991. The second-order valence-corrected chi connectivity index (χ2v) is 8.04. The Morgan fingerprint density at radius 3 is 2.10 bits per heavy atom. The van der Waals surface area contributed by atoms with E-state index in [0.29, 0.717) is 37.3 Å². The Balaban J connectivity index is 1.49. The summed E-state index contributed by atoms with van der Waals surface area (Å²) >= 11 is 0. The van der Waals surface area contributed by atoms with Crippen molar-refractivity contribution in [2.75, 3.05) is 49.1 Å². The Kier molecular flexibility index (Phi) is 5.88. The van der Waals surface area contributed by atoms with Gasteiger partial charge in [-0.2, -0.15) is 0 Å². The number of nitro benzene ring substituents is 1. The second kappa shape index (κ2) is 8.75. The van der Waals surface area contributed by atoms with Crippen LogP contribution in [0.4, 0.5) is 17.1 Å². The van der Waals surface area contributed by atoms with Gasteiger partial charge in [0.2, 0.25) is 0 Å². The van der Waals surface area contributed by atoms with E-state index in [1.165, 1.54) is 12.1 Å². The third kappa shape index (κ3) is 4.38. The Labute approximate surface area is 181 Å². The van der Waals surface area contributed by atoms with E-state index >= 15 is 0 Å². The highest BCUT2D eigenvalue weighted by molar-refractivity contribution is 6.00. The average Bonchev–Trinajstić information content (AvgIpc) is 3.33. The smallest absolute Gasteiger partial charge is 0.270 e. The van der Waals surface area contributed by atoms with Crippen LogP contribution in [0.25, 0.3) is 0 Å². The Hall–Kier alpha value is -3.42. The molecule has 2 heterocycles. The molecule has 0 radical (unpaired) electrons. The molecule has 0 aliphatic carbocycles. The quantitative estimate of drug-likeness (QED) is 0.417. The maximum atomic E-state index is 13.3. The summed E-state index contributed by atoms with van der Waals surface area (Å²) in [5.41, 5.74) is 2.84. The molecule has 8 heteroatoms. The molecule has 2 aromatic carbocycles. The summed E-state index contributed by atoms with van der Waals surface area (Å²) in [7, 11) is 0. The summed E-state index contributed by atoms with van der Waals surface area (Å²) in [6.07, 6.45) is 2.12. The zero-order chi connectivity index (χ0) is 22.0. The molecule has 1 amide bonds. The van der Waals surface area contributed by atoms with E-state index in [1.807, 2.05) is 24.3 Å². The fourth-order valence-corrected chi connectivity index (χ4v) is 4.29. The molecular weight excluding hydrogens is 396 g/mol. The minimum absolute atomic E-state index is 0.0349.